The summed E-state index contributed by atoms with van der Waals surface area (Å²) < 4.78 is 0. The fourth-order valence-electron chi connectivity index (χ4n) is 4.94. The average molecular weight is 413 g/mol. The number of likely N-dealkylation sites (tertiary alicyclic amines) is 1. The number of carbonyl (C=O) groups is 2. The van der Waals surface area contributed by atoms with Crippen molar-refractivity contribution in [2.75, 3.05) is 44.2 Å². The van der Waals surface area contributed by atoms with Gasteiger partial charge in [0.25, 0.3) is 0 Å². The molecular weight excluding hydrogens is 384 g/mol. The number of aromatic nitrogens is 1. The van der Waals surface area contributed by atoms with E-state index in [1.165, 1.54) is 16.6 Å². The van der Waals surface area contributed by atoms with Gasteiger partial charge in [-0.2, -0.15) is 11.8 Å². The summed E-state index contributed by atoms with van der Waals surface area (Å²) in [5, 5.41) is 1.22. The Morgan fingerprint density at radius 2 is 1.90 bits per heavy atom. The van der Waals surface area contributed by atoms with Gasteiger partial charge < -0.3 is 14.8 Å². The van der Waals surface area contributed by atoms with E-state index >= 15 is 0 Å². The van der Waals surface area contributed by atoms with Gasteiger partial charge in [0.1, 0.15) is 0 Å². The van der Waals surface area contributed by atoms with E-state index in [9.17, 15) is 9.59 Å². The predicted octanol–water partition coefficient (Wildman–Crippen LogP) is 2.09. The molecule has 1 atom stereocenters. The van der Waals surface area contributed by atoms with Crippen LogP contribution in [-0.4, -0.2) is 81.8 Å². The Morgan fingerprint density at radius 3 is 2.76 bits per heavy atom. The summed E-state index contributed by atoms with van der Waals surface area (Å²) >= 11 is 1.91. The number of fused-ring (bicyclic) bond motifs is 3. The van der Waals surface area contributed by atoms with Crippen molar-refractivity contribution in [2.24, 2.45) is 0 Å². The van der Waals surface area contributed by atoms with Gasteiger partial charge in [0.05, 0.1) is 12.6 Å². The fraction of sp³-hybridized carbons (Fsp3) is 0.545. The molecule has 0 bridgehead atoms. The van der Waals surface area contributed by atoms with Crippen LogP contribution in [0.3, 0.4) is 0 Å². The van der Waals surface area contributed by atoms with Crippen LogP contribution in [0.2, 0.25) is 0 Å². The fourth-order valence-corrected chi connectivity index (χ4v) is 5.85. The summed E-state index contributed by atoms with van der Waals surface area (Å²) in [5.74, 6) is 2.43. The van der Waals surface area contributed by atoms with Crippen LogP contribution in [0.5, 0.6) is 0 Å². The van der Waals surface area contributed by atoms with Gasteiger partial charge in [0.2, 0.25) is 11.8 Å². The summed E-state index contributed by atoms with van der Waals surface area (Å²) in [6.45, 7) is 4.30. The smallest absolute Gasteiger partial charge is 0.239 e. The van der Waals surface area contributed by atoms with Crippen LogP contribution in [0.1, 0.15) is 24.1 Å². The zero-order valence-corrected chi connectivity index (χ0v) is 17.5. The molecule has 2 fully saturated rings. The van der Waals surface area contributed by atoms with Crippen molar-refractivity contribution in [2.45, 2.75) is 31.8 Å². The first-order valence-electron chi connectivity index (χ1n) is 10.7. The van der Waals surface area contributed by atoms with Gasteiger partial charge >= 0.3 is 0 Å². The number of hydrogen-bond donors (Lipinski definition) is 1. The van der Waals surface area contributed by atoms with Gasteiger partial charge in [-0.1, -0.05) is 18.2 Å². The van der Waals surface area contributed by atoms with E-state index < -0.39 is 0 Å². The van der Waals surface area contributed by atoms with Crippen LogP contribution >= 0.6 is 11.8 Å². The van der Waals surface area contributed by atoms with Gasteiger partial charge in [-0.05, 0) is 25.5 Å². The molecule has 2 aromatic rings. The zero-order valence-electron chi connectivity index (χ0n) is 16.7. The normalized spacial score (nSPS) is 22.8. The summed E-state index contributed by atoms with van der Waals surface area (Å²) in [5.41, 5.74) is 3.66. The highest BCUT2D eigenvalue weighted by Crippen LogP contribution is 2.28. The number of benzene rings is 1. The van der Waals surface area contributed by atoms with Crippen molar-refractivity contribution in [1.82, 2.24) is 19.7 Å². The summed E-state index contributed by atoms with van der Waals surface area (Å²) in [7, 11) is 0. The third kappa shape index (κ3) is 3.66. The molecule has 7 heteroatoms. The molecule has 2 saturated heterocycles. The van der Waals surface area contributed by atoms with Crippen molar-refractivity contribution in [3.63, 3.8) is 0 Å². The van der Waals surface area contributed by atoms with Gasteiger partial charge in [-0.3, -0.25) is 14.5 Å². The molecule has 154 valence electrons. The molecule has 2 amide bonds. The number of H-pyrrole nitrogens is 1. The number of rotatable bonds is 3. The summed E-state index contributed by atoms with van der Waals surface area (Å²) in [6, 6.07) is 8.20. The first-order chi connectivity index (χ1) is 14.2. The highest BCUT2D eigenvalue weighted by atomic mass is 32.2. The molecule has 29 heavy (non-hydrogen) atoms. The van der Waals surface area contributed by atoms with Crippen LogP contribution in [0, 0.1) is 0 Å². The van der Waals surface area contributed by atoms with Gasteiger partial charge in [-0.25, -0.2) is 0 Å². The van der Waals surface area contributed by atoms with Gasteiger partial charge in [0.15, 0.2) is 0 Å². The third-order valence-corrected chi connectivity index (χ3v) is 7.49. The highest BCUT2D eigenvalue weighted by Gasteiger charge is 2.36. The Morgan fingerprint density at radius 1 is 1.07 bits per heavy atom. The second-order valence-corrected chi connectivity index (χ2v) is 9.48. The minimum absolute atomic E-state index is 0.115. The van der Waals surface area contributed by atoms with Gasteiger partial charge in [-0.15, -0.1) is 0 Å². The Kier molecular flexibility index (Phi) is 5.26. The highest BCUT2D eigenvalue weighted by molar-refractivity contribution is 7.99. The molecule has 1 unspecified atom stereocenters. The maximum absolute atomic E-state index is 13.1. The van der Waals surface area contributed by atoms with Crippen molar-refractivity contribution >= 4 is 34.5 Å². The number of aromatic amines is 1. The van der Waals surface area contributed by atoms with Crippen LogP contribution in [0.4, 0.5) is 0 Å². The standard InChI is InChI=1S/C22H28N4O2S/c27-21(15-25-8-3-6-20(25)22(28)24-10-12-29-13-11-24)26-9-7-19-17(14-26)16-4-1-2-5-18(16)23-19/h1-2,4-5,20,23H,3,6-15H2. The molecule has 5 rings (SSSR count). The lowest BCUT2D eigenvalue weighted by Crippen LogP contribution is -2.51. The van der Waals surface area contributed by atoms with E-state index in [4.69, 9.17) is 0 Å². The quantitative estimate of drug-likeness (QED) is 0.839. The molecule has 1 aromatic heterocycles. The zero-order chi connectivity index (χ0) is 19.8. The van der Waals surface area contributed by atoms with Crippen LogP contribution in [0.25, 0.3) is 10.9 Å². The molecule has 0 radical (unpaired) electrons. The molecule has 6 nitrogen and oxygen atoms in total. The maximum Gasteiger partial charge on any atom is 0.239 e. The van der Waals surface area contributed by atoms with E-state index in [1.807, 2.05) is 27.6 Å². The number of thioether (sulfide) groups is 1. The minimum atomic E-state index is -0.115. The van der Waals surface area contributed by atoms with Crippen molar-refractivity contribution in [3.05, 3.63) is 35.5 Å². The topological polar surface area (TPSA) is 59.7 Å². The predicted molar refractivity (Wildman–Crippen MR) is 116 cm³/mol. The van der Waals surface area contributed by atoms with Gasteiger partial charge in [0, 0.05) is 66.3 Å². The largest absolute Gasteiger partial charge is 0.358 e. The molecule has 0 saturated carbocycles. The van der Waals surface area contributed by atoms with Crippen LogP contribution in [0.15, 0.2) is 24.3 Å². The number of carbonyl (C=O) groups excluding carboxylic acids is 2. The van der Waals surface area contributed by atoms with E-state index in [0.717, 1.165) is 62.5 Å². The van der Waals surface area contributed by atoms with Crippen molar-refractivity contribution < 1.29 is 9.59 Å². The number of nitrogens with one attached hydrogen (secondary N) is 1. The number of nitrogens with zero attached hydrogens (tertiary/aromatic N) is 3. The Bertz CT molecular complexity index is 921. The molecule has 1 N–H and O–H groups in total. The van der Waals surface area contributed by atoms with E-state index in [-0.39, 0.29) is 17.9 Å². The Labute approximate surface area is 175 Å². The number of amides is 2. The van der Waals surface area contributed by atoms with E-state index in [2.05, 4.69) is 28.1 Å². The molecular formula is C22H28N4O2S. The first kappa shape index (κ1) is 19.0. The lowest BCUT2D eigenvalue weighted by molar-refractivity contribution is -0.138. The average Bonchev–Trinajstić information content (AvgIpc) is 3.37. The second kappa shape index (κ2) is 8.03. The van der Waals surface area contributed by atoms with Crippen molar-refractivity contribution in [3.8, 4) is 0 Å². The van der Waals surface area contributed by atoms with E-state index in [1.54, 1.807) is 0 Å². The number of para-hydroxylation sites is 1. The third-order valence-electron chi connectivity index (χ3n) is 6.55. The van der Waals surface area contributed by atoms with Crippen molar-refractivity contribution in [1.29, 1.82) is 0 Å². The lowest BCUT2D eigenvalue weighted by atomic mass is 10.0. The summed E-state index contributed by atoms with van der Waals surface area (Å²) in [4.78, 5) is 35.7. The lowest BCUT2D eigenvalue weighted by Gasteiger charge is -2.34. The summed E-state index contributed by atoms with van der Waals surface area (Å²) in [6.07, 6.45) is 2.74. The SMILES string of the molecule is O=C(CN1CCCC1C(=O)N1CCSCC1)N1CCc2[nH]c3ccccc3c2C1. The number of hydrogen-bond acceptors (Lipinski definition) is 4. The first-order valence-corrected chi connectivity index (χ1v) is 11.8. The molecule has 0 aliphatic carbocycles. The monoisotopic (exact) mass is 412 g/mol. The molecule has 3 aliphatic heterocycles. The molecule has 3 aliphatic rings. The maximum atomic E-state index is 13.1. The molecule has 1 aromatic carbocycles. The minimum Gasteiger partial charge on any atom is -0.358 e. The molecule has 0 spiro atoms. The van der Waals surface area contributed by atoms with E-state index in [0.29, 0.717) is 13.1 Å². The Hall–Kier alpha value is -1.99. The molecule has 4 heterocycles. The van der Waals surface area contributed by atoms with Crippen LogP contribution in [-0.2, 0) is 22.6 Å². The second-order valence-electron chi connectivity index (χ2n) is 8.26. The Balaban J connectivity index is 1.26. The van der Waals surface area contributed by atoms with Crippen LogP contribution < -0.4 is 0 Å².